The zero-order valence-corrected chi connectivity index (χ0v) is 10.6. The summed E-state index contributed by atoms with van der Waals surface area (Å²) in [6, 6.07) is 5.79. The number of hydrogen-bond acceptors (Lipinski definition) is 2. The normalized spacial score (nSPS) is 25.3. The zero-order valence-electron chi connectivity index (χ0n) is 9.89. The Morgan fingerprint density at radius 2 is 2.29 bits per heavy atom. The third kappa shape index (κ3) is 1.94. The lowest BCUT2D eigenvalue weighted by atomic mass is 9.82. The van der Waals surface area contributed by atoms with Crippen molar-refractivity contribution >= 4 is 22.6 Å². The summed E-state index contributed by atoms with van der Waals surface area (Å²) in [7, 11) is 0. The Hall–Kier alpha value is -1.06. The Bertz CT molecular complexity index is 541. The fourth-order valence-corrected chi connectivity index (χ4v) is 2.70. The summed E-state index contributed by atoms with van der Waals surface area (Å²) in [6.45, 7) is 4.36. The lowest BCUT2D eigenvalue weighted by Gasteiger charge is -2.32. The molecule has 0 aliphatic carbocycles. The van der Waals surface area contributed by atoms with E-state index in [1.165, 1.54) is 12.8 Å². The maximum Gasteiger partial charge on any atom is 0.114 e. The van der Waals surface area contributed by atoms with Crippen LogP contribution < -0.4 is 5.32 Å². The maximum absolute atomic E-state index is 5.99. The van der Waals surface area contributed by atoms with E-state index in [0.29, 0.717) is 0 Å². The third-order valence-corrected chi connectivity index (χ3v) is 3.85. The first kappa shape index (κ1) is 11.1. The minimum atomic E-state index is 0.115. The summed E-state index contributed by atoms with van der Waals surface area (Å²) in [4.78, 5) is 8.11. The molecule has 3 rings (SSSR count). The Morgan fingerprint density at radius 1 is 1.41 bits per heavy atom. The number of fused-ring (bicyclic) bond motifs is 1. The van der Waals surface area contributed by atoms with E-state index in [9.17, 15) is 0 Å². The number of hydrogen-bond donors (Lipinski definition) is 2. The number of H-pyrrole nitrogens is 1. The van der Waals surface area contributed by atoms with Gasteiger partial charge in [0, 0.05) is 17.0 Å². The molecule has 1 aliphatic heterocycles. The molecule has 0 spiro atoms. The summed E-state index contributed by atoms with van der Waals surface area (Å²) in [5.41, 5.74) is 2.14. The van der Waals surface area contributed by atoms with Crippen LogP contribution in [0.1, 0.15) is 25.6 Å². The van der Waals surface area contributed by atoms with Gasteiger partial charge in [-0.05, 0) is 37.6 Å². The van der Waals surface area contributed by atoms with Crippen LogP contribution in [0.3, 0.4) is 0 Å². The van der Waals surface area contributed by atoms with E-state index in [1.807, 2.05) is 18.2 Å². The summed E-state index contributed by atoms with van der Waals surface area (Å²) < 4.78 is 0. The van der Waals surface area contributed by atoms with Gasteiger partial charge in [-0.2, -0.15) is 0 Å². The Morgan fingerprint density at radius 3 is 3.06 bits per heavy atom. The molecule has 2 aromatic rings. The van der Waals surface area contributed by atoms with Crippen molar-refractivity contribution in [2.75, 3.05) is 13.1 Å². The molecule has 1 aromatic heterocycles. The van der Waals surface area contributed by atoms with Gasteiger partial charge in [0.2, 0.25) is 0 Å². The summed E-state index contributed by atoms with van der Waals surface area (Å²) in [5, 5.41) is 4.19. The van der Waals surface area contributed by atoms with E-state index in [1.54, 1.807) is 0 Å². The molecule has 2 heterocycles. The van der Waals surface area contributed by atoms with Crippen molar-refractivity contribution in [1.29, 1.82) is 0 Å². The van der Waals surface area contributed by atoms with E-state index in [2.05, 4.69) is 17.2 Å². The van der Waals surface area contributed by atoms with Gasteiger partial charge in [-0.1, -0.05) is 18.5 Å². The second-order valence-corrected chi connectivity index (χ2v) is 5.52. The van der Waals surface area contributed by atoms with Gasteiger partial charge in [-0.15, -0.1) is 0 Å². The van der Waals surface area contributed by atoms with Crippen LogP contribution >= 0.6 is 11.6 Å². The molecule has 1 saturated heterocycles. The van der Waals surface area contributed by atoms with E-state index >= 15 is 0 Å². The molecule has 0 amide bonds. The molecule has 0 radical (unpaired) electrons. The lowest BCUT2D eigenvalue weighted by molar-refractivity contribution is 0.326. The SMILES string of the molecule is CC1(c2nc3ccc(Cl)cc3[nH]2)CCCNC1. The van der Waals surface area contributed by atoms with Crippen molar-refractivity contribution in [3.63, 3.8) is 0 Å². The van der Waals surface area contributed by atoms with Gasteiger partial charge in [0.15, 0.2) is 0 Å². The van der Waals surface area contributed by atoms with Gasteiger partial charge in [0.05, 0.1) is 11.0 Å². The molecule has 1 unspecified atom stereocenters. The number of nitrogens with zero attached hydrogens (tertiary/aromatic N) is 1. The summed E-state index contributed by atoms with van der Waals surface area (Å²) in [5.74, 6) is 1.07. The minimum Gasteiger partial charge on any atom is -0.341 e. The Kier molecular flexibility index (Phi) is 2.60. The fraction of sp³-hybridized carbons (Fsp3) is 0.462. The maximum atomic E-state index is 5.99. The van der Waals surface area contributed by atoms with Gasteiger partial charge >= 0.3 is 0 Å². The average molecular weight is 250 g/mol. The molecule has 3 nitrogen and oxygen atoms in total. The average Bonchev–Trinajstić information content (AvgIpc) is 2.73. The quantitative estimate of drug-likeness (QED) is 0.816. The predicted molar refractivity (Wildman–Crippen MR) is 70.6 cm³/mol. The minimum absolute atomic E-state index is 0.115. The summed E-state index contributed by atoms with van der Waals surface area (Å²) >= 11 is 5.99. The van der Waals surface area contributed by atoms with Crippen LogP contribution in [0.25, 0.3) is 11.0 Å². The highest BCUT2D eigenvalue weighted by Gasteiger charge is 2.31. The van der Waals surface area contributed by atoms with Crippen molar-refractivity contribution in [3.8, 4) is 0 Å². The molecule has 1 fully saturated rings. The number of piperidine rings is 1. The topological polar surface area (TPSA) is 40.7 Å². The van der Waals surface area contributed by atoms with E-state index in [4.69, 9.17) is 16.6 Å². The monoisotopic (exact) mass is 249 g/mol. The molecule has 4 heteroatoms. The highest BCUT2D eigenvalue weighted by molar-refractivity contribution is 6.31. The van der Waals surface area contributed by atoms with E-state index < -0.39 is 0 Å². The second-order valence-electron chi connectivity index (χ2n) is 5.09. The van der Waals surface area contributed by atoms with Crippen molar-refractivity contribution in [2.24, 2.45) is 0 Å². The van der Waals surface area contributed by atoms with Gasteiger partial charge in [0.1, 0.15) is 5.82 Å². The first-order valence-corrected chi connectivity index (χ1v) is 6.42. The van der Waals surface area contributed by atoms with Gasteiger partial charge in [0.25, 0.3) is 0 Å². The van der Waals surface area contributed by atoms with Gasteiger partial charge < -0.3 is 10.3 Å². The predicted octanol–water partition coefficient (Wildman–Crippen LogP) is 2.86. The Labute approximate surface area is 106 Å². The fourth-order valence-electron chi connectivity index (χ4n) is 2.53. The largest absolute Gasteiger partial charge is 0.341 e. The number of rotatable bonds is 1. The van der Waals surface area contributed by atoms with Gasteiger partial charge in [-0.25, -0.2) is 4.98 Å². The van der Waals surface area contributed by atoms with Crippen LogP contribution in [-0.4, -0.2) is 23.1 Å². The standard InChI is InChI=1S/C13H16ClN3/c1-13(5-2-6-15-8-13)12-16-10-4-3-9(14)7-11(10)17-12/h3-4,7,15H,2,5-6,8H2,1H3,(H,16,17). The zero-order chi connectivity index (χ0) is 11.9. The van der Waals surface area contributed by atoms with Crippen LogP contribution in [0.2, 0.25) is 5.02 Å². The number of aromatic amines is 1. The highest BCUT2D eigenvalue weighted by atomic mass is 35.5. The molecule has 2 N–H and O–H groups in total. The van der Waals surface area contributed by atoms with Crippen molar-refractivity contribution < 1.29 is 0 Å². The third-order valence-electron chi connectivity index (χ3n) is 3.61. The van der Waals surface area contributed by atoms with Crippen molar-refractivity contribution in [1.82, 2.24) is 15.3 Å². The smallest absolute Gasteiger partial charge is 0.114 e. The van der Waals surface area contributed by atoms with Crippen LogP contribution in [0, 0.1) is 0 Å². The number of halogens is 1. The van der Waals surface area contributed by atoms with Gasteiger partial charge in [-0.3, -0.25) is 0 Å². The van der Waals surface area contributed by atoms with Crippen LogP contribution in [0.5, 0.6) is 0 Å². The molecule has 0 saturated carbocycles. The van der Waals surface area contributed by atoms with E-state index in [0.717, 1.165) is 35.0 Å². The Balaban J connectivity index is 2.05. The summed E-state index contributed by atoms with van der Waals surface area (Å²) in [6.07, 6.45) is 2.38. The van der Waals surface area contributed by atoms with Crippen molar-refractivity contribution in [2.45, 2.75) is 25.2 Å². The lowest BCUT2D eigenvalue weighted by Crippen LogP contribution is -2.41. The first-order chi connectivity index (χ1) is 8.17. The number of benzene rings is 1. The second kappa shape index (κ2) is 4.00. The molecule has 17 heavy (non-hydrogen) atoms. The molecule has 1 aromatic carbocycles. The number of imidazole rings is 1. The molecule has 90 valence electrons. The highest BCUT2D eigenvalue weighted by Crippen LogP contribution is 2.30. The molecular weight excluding hydrogens is 234 g/mol. The number of aromatic nitrogens is 2. The van der Waals surface area contributed by atoms with Crippen LogP contribution in [0.15, 0.2) is 18.2 Å². The first-order valence-electron chi connectivity index (χ1n) is 6.04. The molecular formula is C13H16ClN3. The molecule has 1 atom stereocenters. The van der Waals surface area contributed by atoms with Crippen LogP contribution in [-0.2, 0) is 5.41 Å². The number of nitrogens with one attached hydrogen (secondary N) is 2. The molecule has 1 aliphatic rings. The van der Waals surface area contributed by atoms with Crippen LogP contribution in [0.4, 0.5) is 0 Å². The van der Waals surface area contributed by atoms with Crippen molar-refractivity contribution in [3.05, 3.63) is 29.0 Å². The van der Waals surface area contributed by atoms with E-state index in [-0.39, 0.29) is 5.41 Å². The molecule has 0 bridgehead atoms.